The van der Waals surface area contributed by atoms with Crippen LogP contribution >= 0.6 is 11.3 Å². The van der Waals surface area contributed by atoms with Gasteiger partial charge in [-0.3, -0.25) is 4.40 Å². The Morgan fingerprint density at radius 1 is 1.53 bits per heavy atom. The monoisotopic (exact) mass is 250 g/mol. The molecule has 1 N–H and O–H groups in total. The number of fused-ring (bicyclic) bond motifs is 1. The van der Waals surface area contributed by atoms with Crippen molar-refractivity contribution in [1.82, 2.24) is 9.38 Å². The Hall–Kier alpha value is -1.13. The Labute approximate surface area is 105 Å². The van der Waals surface area contributed by atoms with Gasteiger partial charge in [-0.05, 0) is 31.4 Å². The van der Waals surface area contributed by atoms with Crippen LogP contribution in [0.4, 0.5) is 0 Å². The van der Waals surface area contributed by atoms with Crippen LogP contribution in [0.25, 0.3) is 11.0 Å². The molecule has 2 aromatic heterocycles. The number of aliphatic hydroxyl groups is 1. The van der Waals surface area contributed by atoms with E-state index in [0.29, 0.717) is 5.92 Å². The molecule has 2 rings (SSSR count). The third-order valence-corrected chi connectivity index (χ3v) is 3.94. The highest BCUT2D eigenvalue weighted by Gasteiger charge is 2.12. The van der Waals surface area contributed by atoms with E-state index in [1.165, 1.54) is 5.69 Å². The standard InChI is InChI=1S/C13H18N2OS/c1-8(2)11(6-16)5-12-10(4)14-13-15(12)9(3)7-17-13/h5,7-8,16H,6H2,1-4H3. The molecule has 0 aliphatic carbocycles. The van der Waals surface area contributed by atoms with Crippen molar-refractivity contribution in [3.63, 3.8) is 0 Å². The van der Waals surface area contributed by atoms with Crippen LogP contribution < -0.4 is 0 Å². The summed E-state index contributed by atoms with van der Waals surface area (Å²) < 4.78 is 2.15. The summed E-state index contributed by atoms with van der Waals surface area (Å²) in [7, 11) is 0. The molecule has 0 aliphatic rings. The highest BCUT2D eigenvalue weighted by Crippen LogP contribution is 2.23. The van der Waals surface area contributed by atoms with Crippen molar-refractivity contribution in [1.29, 1.82) is 0 Å². The molecule has 0 unspecified atom stereocenters. The molecule has 0 fully saturated rings. The molecule has 17 heavy (non-hydrogen) atoms. The normalized spacial score (nSPS) is 12.9. The van der Waals surface area contributed by atoms with Gasteiger partial charge in [-0.15, -0.1) is 11.3 Å². The minimum atomic E-state index is 0.105. The largest absolute Gasteiger partial charge is 0.392 e. The zero-order chi connectivity index (χ0) is 12.6. The van der Waals surface area contributed by atoms with E-state index >= 15 is 0 Å². The second-order valence-electron chi connectivity index (χ2n) is 4.61. The van der Waals surface area contributed by atoms with Gasteiger partial charge in [0.05, 0.1) is 18.0 Å². The van der Waals surface area contributed by atoms with E-state index in [1.54, 1.807) is 11.3 Å². The van der Waals surface area contributed by atoms with Crippen molar-refractivity contribution in [2.24, 2.45) is 5.92 Å². The van der Waals surface area contributed by atoms with E-state index in [9.17, 15) is 5.11 Å². The maximum Gasteiger partial charge on any atom is 0.194 e. The van der Waals surface area contributed by atoms with Crippen molar-refractivity contribution in [2.75, 3.05) is 6.61 Å². The van der Waals surface area contributed by atoms with E-state index in [-0.39, 0.29) is 6.61 Å². The summed E-state index contributed by atoms with van der Waals surface area (Å²) in [6, 6.07) is 0. The van der Waals surface area contributed by atoms with Gasteiger partial charge in [0.25, 0.3) is 0 Å². The maximum absolute atomic E-state index is 9.38. The van der Waals surface area contributed by atoms with Gasteiger partial charge < -0.3 is 5.11 Å². The van der Waals surface area contributed by atoms with Crippen LogP contribution in [-0.4, -0.2) is 21.1 Å². The first-order valence-corrected chi connectivity index (χ1v) is 6.67. The summed E-state index contributed by atoms with van der Waals surface area (Å²) in [5.41, 5.74) is 4.35. The first-order valence-electron chi connectivity index (χ1n) is 5.79. The molecule has 0 saturated heterocycles. The van der Waals surface area contributed by atoms with Crippen molar-refractivity contribution in [3.8, 4) is 0 Å². The van der Waals surface area contributed by atoms with Crippen molar-refractivity contribution >= 4 is 22.4 Å². The summed E-state index contributed by atoms with van der Waals surface area (Å²) >= 11 is 1.65. The number of hydrogen-bond acceptors (Lipinski definition) is 3. The van der Waals surface area contributed by atoms with Gasteiger partial charge in [-0.1, -0.05) is 13.8 Å². The maximum atomic E-state index is 9.38. The van der Waals surface area contributed by atoms with Gasteiger partial charge in [0.1, 0.15) is 0 Å². The van der Waals surface area contributed by atoms with E-state index in [1.807, 2.05) is 6.92 Å². The Balaban J connectivity index is 2.61. The molecular weight excluding hydrogens is 232 g/mol. The van der Waals surface area contributed by atoms with Gasteiger partial charge in [-0.25, -0.2) is 4.98 Å². The molecule has 0 saturated carbocycles. The van der Waals surface area contributed by atoms with Crippen molar-refractivity contribution in [2.45, 2.75) is 27.7 Å². The van der Waals surface area contributed by atoms with Crippen LogP contribution in [0, 0.1) is 19.8 Å². The van der Waals surface area contributed by atoms with Crippen LogP contribution in [0.1, 0.15) is 30.9 Å². The lowest BCUT2D eigenvalue weighted by molar-refractivity contribution is 0.320. The number of thiazole rings is 1. The average molecular weight is 250 g/mol. The minimum absolute atomic E-state index is 0.105. The first kappa shape index (κ1) is 12.3. The second kappa shape index (κ2) is 4.63. The molecule has 3 nitrogen and oxygen atoms in total. The fourth-order valence-corrected chi connectivity index (χ4v) is 2.78. The Morgan fingerprint density at radius 3 is 2.82 bits per heavy atom. The van der Waals surface area contributed by atoms with E-state index in [4.69, 9.17) is 0 Å². The Kier molecular flexibility index (Phi) is 3.35. The molecule has 0 spiro atoms. The topological polar surface area (TPSA) is 37.5 Å². The number of aryl methyl sites for hydroxylation is 2. The molecule has 2 heterocycles. The fraction of sp³-hybridized carbons (Fsp3) is 0.462. The molecule has 0 atom stereocenters. The first-order chi connectivity index (χ1) is 8.04. The number of aliphatic hydroxyl groups excluding tert-OH is 1. The quantitative estimate of drug-likeness (QED) is 0.909. The Morgan fingerprint density at radius 2 is 2.24 bits per heavy atom. The average Bonchev–Trinajstić information content (AvgIpc) is 2.76. The van der Waals surface area contributed by atoms with Crippen molar-refractivity contribution < 1.29 is 5.11 Å². The summed E-state index contributed by atoms with van der Waals surface area (Å²) in [5, 5.41) is 11.5. The highest BCUT2D eigenvalue weighted by molar-refractivity contribution is 7.15. The predicted molar refractivity (Wildman–Crippen MR) is 72.4 cm³/mol. The molecule has 0 radical (unpaired) electrons. The molecule has 0 aromatic carbocycles. The van der Waals surface area contributed by atoms with Crippen LogP contribution in [0.15, 0.2) is 11.0 Å². The van der Waals surface area contributed by atoms with Crippen LogP contribution in [0.2, 0.25) is 0 Å². The molecule has 4 heteroatoms. The Bertz CT molecular complexity index is 563. The third-order valence-electron chi connectivity index (χ3n) is 3.00. The lowest BCUT2D eigenvalue weighted by atomic mass is 10.0. The van der Waals surface area contributed by atoms with Crippen LogP contribution in [0.3, 0.4) is 0 Å². The lowest BCUT2D eigenvalue weighted by Gasteiger charge is -2.08. The lowest BCUT2D eigenvalue weighted by Crippen LogP contribution is -2.00. The second-order valence-corrected chi connectivity index (χ2v) is 5.45. The molecule has 0 aliphatic heterocycles. The molecule has 0 bridgehead atoms. The SMILES string of the molecule is Cc1nc2scc(C)n2c1C=C(CO)C(C)C. The number of nitrogens with zero attached hydrogens (tertiary/aromatic N) is 2. The predicted octanol–water partition coefficient (Wildman–Crippen LogP) is 3.04. The van der Waals surface area contributed by atoms with E-state index in [0.717, 1.165) is 21.9 Å². The summed E-state index contributed by atoms with van der Waals surface area (Å²) in [4.78, 5) is 5.56. The number of rotatable bonds is 3. The summed E-state index contributed by atoms with van der Waals surface area (Å²) in [6.45, 7) is 8.38. The van der Waals surface area contributed by atoms with Crippen LogP contribution in [0.5, 0.6) is 0 Å². The third kappa shape index (κ3) is 2.15. The van der Waals surface area contributed by atoms with Gasteiger partial charge in [0.15, 0.2) is 4.96 Å². The molecule has 2 aromatic rings. The van der Waals surface area contributed by atoms with Gasteiger partial charge in [-0.2, -0.15) is 0 Å². The smallest absolute Gasteiger partial charge is 0.194 e. The van der Waals surface area contributed by atoms with Gasteiger partial charge in [0.2, 0.25) is 0 Å². The zero-order valence-electron chi connectivity index (χ0n) is 10.7. The highest BCUT2D eigenvalue weighted by atomic mass is 32.1. The summed E-state index contributed by atoms with van der Waals surface area (Å²) in [5.74, 6) is 0.351. The molecular formula is C13H18N2OS. The van der Waals surface area contributed by atoms with Crippen LogP contribution in [-0.2, 0) is 0 Å². The summed E-state index contributed by atoms with van der Waals surface area (Å²) in [6.07, 6.45) is 2.07. The number of hydrogen-bond donors (Lipinski definition) is 1. The van der Waals surface area contributed by atoms with Crippen molar-refractivity contribution in [3.05, 3.63) is 28.0 Å². The zero-order valence-corrected chi connectivity index (χ0v) is 11.5. The number of imidazole rings is 1. The fourth-order valence-electron chi connectivity index (χ4n) is 1.87. The van der Waals surface area contributed by atoms with E-state index < -0.39 is 0 Å². The van der Waals surface area contributed by atoms with Gasteiger partial charge >= 0.3 is 0 Å². The molecule has 92 valence electrons. The van der Waals surface area contributed by atoms with Gasteiger partial charge in [0, 0.05) is 11.1 Å². The van der Waals surface area contributed by atoms with E-state index in [2.05, 4.69) is 41.6 Å². The minimum Gasteiger partial charge on any atom is -0.392 e. The number of aromatic nitrogens is 2. The molecule has 0 amide bonds.